The van der Waals surface area contributed by atoms with Gasteiger partial charge in [0.1, 0.15) is 6.61 Å². The molecule has 0 aromatic heterocycles. The Hall–Kier alpha value is -2.85. The molecule has 0 saturated carbocycles. The lowest BCUT2D eigenvalue weighted by Gasteiger charge is -2.09. The number of hydrogen-bond donors (Lipinski definition) is 1. The molecule has 0 fully saturated rings. The van der Waals surface area contributed by atoms with Crippen LogP contribution in [0.3, 0.4) is 0 Å². The summed E-state index contributed by atoms with van der Waals surface area (Å²) >= 11 is 0. The van der Waals surface area contributed by atoms with Gasteiger partial charge in [0.25, 0.3) is 10.0 Å². The van der Waals surface area contributed by atoms with Gasteiger partial charge in [0.15, 0.2) is 0 Å². The van der Waals surface area contributed by atoms with Crippen LogP contribution >= 0.6 is 0 Å². The Labute approximate surface area is 127 Å². The molecule has 2 aromatic carbocycles. The van der Waals surface area contributed by atoms with E-state index in [4.69, 9.17) is 10.00 Å². The minimum absolute atomic E-state index is 0.0189. The van der Waals surface area contributed by atoms with Crippen LogP contribution in [0.5, 0.6) is 0 Å². The molecule has 0 amide bonds. The third-order valence-corrected chi connectivity index (χ3v) is 4.59. The van der Waals surface area contributed by atoms with Crippen LogP contribution < -0.4 is 4.72 Å². The zero-order valence-corrected chi connectivity index (χ0v) is 12.1. The molecule has 1 heterocycles. The van der Waals surface area contributed by atoms with Gasteiger partial charge in [-0.3, -0.25) is 4.72 Å². The number of ether oxygens (including phenoxy) is 1. The largest absolute Gasteiger partial charge is 0.457 e. The zero-order chi connectivity index (χ0) is 15.7. The number of esters is 1. The maximum atomic E-state index is 12.3. The number of carbonyl (C=O) groups excluding carboxylic acids is 1. The predicted molar refractivity (Wildman–Crippen MR) is 77.5 cm³/mol. The number of nitriles is 1. The quantitative estimate of drug-likeness (QED) is 0.874. The fourth-order valence-corrected chi connectivity index (χ4v) is 3.22. The van der Waals surface area contributed by atoms with Crippen molar-refractivity contribution >= 4 is 21.7 Å². The van der Waals surface area contributed by atoms with E-state index in [1.807, 2.05) is 6.07 Å². The molecule has 0 saturated heterocycles. The van der Waals surface area contributed by atoms with E-state index < -0.39 is 16.0 Å². The summed E-state index contributed by atoms with van der Waals surface area (Å²) in [5, 5.41) is 8.84. The molecule has 1 aliphatic rings. The molecule has 110 valence electrons. The Morgan fingerprint density at radius 3 is 2.77 bits per heavy atom. The third-order valence-electron chi connectivity index (χ3n) is 3.21. The van der Waals surface area contributed by atoms with E-state index in [9.17, 15) is 13.2 Å². The first kappa shape index (κ1) is 14.1. The normalized spacial score (nSPS) is 13.1. The minimum atomic E-state index is -3.83. The highest BCUT2D eigenvalue weighted by Gasteiger charge is 2.22. The van der Waals surface area contributed by atoms with Crippen LogP contribution in [0, 0.1) is 11.3 Å². The summed E-state index contributed by atoms with van der Waals surface area (Å²) in [7, 11) is -3.83. The number of carbonyl (C=O) groups is 1. The maximum Gasteiger partial charge on any atom is 0.338 e. The number of anilines is 1. The molecule has 0 spiro atoms. The van der Waals surface area contributed by atoms with E-state index in [1.165, 1.54) is 30.3 Å². The second kappa shape index (κ2) is 5.16. The number of rotatable bonds is 3. The summed E-state index contributed by atoms with van der Waals surface area (Å²) in [6, 6.07) is 12.2. The van der Waals surface area contributed by atoms with Crippen molar-refractivity contribution in [3.63, 3.8) is 0 Å². The molecule has 0 radical (unpaired) electrons. The van der Waals surface area contributed by atoms with E-state index >= 15 is 0 Å². The Morgan fingerprint density at radius 1 is 1.18 bits per heavy atom. The van der Waals surface area contributed by atoms with E-state index in [1.54, 1.807) is 12.1 Å². The van der Waals surface area contributed by atoms with Crippen molar-refractivity contribution in [2.75, 3.05) is 4.72 Å². The molecule has 7 heteroatoms. The lowest BCUT2D eigenvalue weighted by molar-refractivity contribution is 0.0535. The van der Waals surface area contributed by atoms with Crippen molar-refractivity contribution in [1.29, 1.82) is 5.26 Å². The first-order valence-electron chi connectivity index (χ1n) is 6.33. The van der Waals surface area contributed by atoms with Crippen molar-refractivity contribution in [2.24, 2.45) is 0 Å². The van der Waals surface area contributed by atoms with Crippen LogP contribution in [0.4, 0.5) is 5.69 Å². The van der Waals surface area contributed by atoms with Gasteiger partial charge in [0.05, 0.1) is 22.1 Å². The molecule has 6 nitrogen and oxygen atoms in total. The number of nitrogens with zero attached hydrogens (tertiary/aromatic N) is 1. The lowest BCUT2D eigenvalue weighted by atomic mass is 10.1. The molecular formula is C15H10N2O4S. The molecular weight excluding hydrogens is 304 g/mol. The van der Waals surface area contributed by atoms with Crippen LogP contribution in [-0.2, 0) is 21.4 Å². The van der Waals surface area contributed by atoms with Crippen LogP contribution in [0.15, 0.2) is 47.4 Å². The fraction of sp³-hybridized carbons (Fsp3) is 0.0667. The molecule has 0 unspecified atom stereocenters. The first-order valence-corrected chi connectivity index (χ1v) is 7.81. The van der Waals surface area contributed by atoms with Crippen molar-refractivity contribution < 1.29 is 17.9 Å². The second-order valence-electron chi connectivity index (χ2n) is 4.69. The van der Waals surface area contributed by atoms with Crippen LogP contribution in [0.1, 0.15) is 21.5 Å². The van der Waals surface area contributed by atoms with E-state index in [2.05, 4.69) is 4.72 Å². The van der Waals surface area contributed by atoms with Crippen molar-refractivity contribution in [3.8, 4) is 6.07 Å². The minimum Gasteiger partial charge on any atom is -0.457 e. The first-order chi connectivity index (χ1) is 10.5. The van der Waals surface area contributed by atoms with Crippen molar-refractivity contribution in [2.45, 2.75) is 11.5 Å². The second-order valence-corrected chi connectivity index (χ2v) is 6.38. The molecule has 0 bridgehead atoms. The summed E-state index contributed by atoms with van der Waals surface area (Å²) in [6.45, 7) is 0.200. The highest BCUT2D eigenvalue weighted by Crippen LogP contribution is 2.25. The van der Waals surface area contributed by atoms with Crippen molar-refractivity contribution in [3.05, 3.63) is 59.2 Å². The van der Waals surface area contributed by atoms with E-state index in [0.717, 1.165) is 5.56 Å². The van der Waals surface area contributed by atoms with Gasteiger partial charge in [0.2, 0.25) is 0 Å². The highest BCUT2D eigenvalue weighted by atomic mass is 32.2. The predicted octanol–water partition coefficient (Wildman–Crippen LogP) is 2.03. The van der Waals surface area contributed by atoms with Crippen LogP contribution in [0.25, 0.3) is 0 Å². The zero-order valence-electron chi connectivity index (χ0n) is 11.2. The van der Waals surface area contributed by atoms with Crippen LogP contribution in [-0.4, -0.2) is 14.4 Å². The number of fused-ring (bicyclic) bond motifs is 1. The van der Waals surface area contributed by atoms with Gasteiger partial charge < -0.3 is 4.74 Å². The van der Waals surface area contributed by atoms with Gasteiger partial charge in [-0.25, -0.2) is 13.2 Å². The Morgan fingerprint density at radius 2 is 2.00 bits per heavy atom. The average Bonchev–Trinajstić information content (AvgIpc) is 2.88. The van der Waals surface area contributed by atoms with Gasteiger partial charge >= 0.3 is 5.97 Å². The van der Waals surface area contributed by atoms with Gasteiger partial charge in [-0.2, -0.15) is 5.26 Å². The molecule has 1 aliphatic heterocycles. The summed E-state index contributed by atoms with van der Waals surface area (Å²) in [5.41, 5.74) is 1.59. The standard InChI is InChI=1S/C15H10N2O4S/c16-8-10-2-1-3-13(6-10)22(19,20)17-12-5-4-11-9-21-15(18)14(11)7-12/h1-7,17H,9H2. The van der Waals surface area contributed by atoms with Crippen LogP contribution in [0.2, 0.25) is 0 Å². The molecule has 3 rings (SSSR count). The van der Waals surface area contributed by atoms with Gasteiger partial charge in [-0.15, -0.1) is 0 Å². The maximum absolute atomic E-state index is 12.3. The summed E-state index contributed by atoms with van der Waals surface area (Å²) < 4.78 is 31.9. The Bertz CT molecular complexity index is 913. The van der Waals surface area contributed by atoms with Gasteiger partial charge in [-0.1, -0.05) is 12.1 Å². The smallest absolute Gasteiger partial charge is 0.338 e. The van der Waals surface area contributed by atoms with E-state index in [-0.39, 0.29) is 22.8 Å². The molecule has 22 heavy (non-hydrogen) atoms. The molecule has 1 N–H and O–H groups in total. The molecule has 0 atom stereocenters. The fourth-order valence-electron chi connectivity index (χ4n) is 2.12. The Kier molecular flexibility index (Phi) is 3.31. The third kappa shape index (κ3) is 2.52. The Balaban J connectivity index is 1.94. The van der Waals surface area contributed by atoms with Gasteiger partial charge in [-0.05, 0) is 30.3 Å². The average molecular weight is 314 g/mol. The SMILES string of the molecule is N#Cc1cccc(S(=O)(=O)Nc2ccc3c(c2)C(=O)OC3)c1. The molecule has 2 aromatic rings. The van der Waals surface area contributed by atoms with E-state index in [0.29, 0.717) is 5.56 Å². The summed E-state index contributed by atoms with van der Waals surface area (Å²) in [5.74, 6) is -0.470. The molecule has 0 aliphatic carbocycles. The number of hydrogen-bond acceptors (Lipinski definition) is 5. The number of cyclic esters (lactones) is 1. The monoisotopic (exact) mass is 314 g/mol. The summed E-state index contributed by atoms with van der Waals surface area (Å²) in [4.78, 5) is 11.5. The summed E-state index contributed by atoms with van der Waals surface area (Å²) in [6.07, 6.45) is 0. The highest BCUT2D eigenvalue weighted by molar-refractivity contribution is 7.92. The van der Waals surface area contributed by atoms with Gasteiger partial charge in [0, 0.05) is 11.3 Å². The van der Waals surface area contributed by atoms with Crippen molar-refractivity contribution in [1.82, 2.24) is 0 Å². The lowest BCUT2D eigenvalue weighted by Crippen LogP contribution is -2.13. The number of benzene rings is 2. The number of nitrogens with one attached hydrogen (secondary N) is 1. The topological polar surface area (TPSA) is 96.3 Å². The number of sulfonamides is 1.